The fourth-order valence-corrected chi connectivity index (χ4v) is 3.68. The first-order valence-corrected chi connectivity index (χ1v) is 11.2. The van der Waals surface area contributed by atoms with E-state index in [4.69, 9.17) is 28.9 Å². The number of nitrogens with one attached hydrogen (secondary N) is 1. The van der Waals surface area contributed by atoms with Crippen LogP contribution in [0.25, 0.3) is 22.3 Å². The van der Waals surface area contributed by atoms with Crippen molar-refractivity contribution in [1.29, 1.82) is 0 Å². The first kappa shape index (κ1) is 22.9. The number of para-hydroxylation sites is 1. The average molecular weight is 481 g/mol. The number of hydrogen-bond acceptors (Lipinski definition) is 8. The van der Waals surface area contributed by atoms with Crippen LogP contribution >= 0.6 is 0 Å². The van der Waals surface area contributed by atoms with Crippen molar-refractivity contribution in [3.05, 3.63) is 85.1 Å². The summed E-state index contributed by atoms with van der Waals surface area (Å²) in [5.74, 6) is 4.31. The Hall–Kier alpha value is -4.85. The van der Waals surface area contributed by atoms with E-state index < -0.39 is 0 Å². The molecule has 0 bridgehead atoms. The van der Waals surface area contributed by atoms with Gasteiger partial charge in [-0.3, -0.25) is 0 Å². The van der Waals surface area contributed by atoms with Gasteiger partial charge in [-0.25, -0.2) is 15.0 Å². The van der Waals surface area contributed by atoms with Gasteiger partial charge in [0.05, 0.1) is 26.8 Å². The third-order valence-corrected chi connectivity index (χ3v) is 5.50. The topological polar surface area (TPSA) is 87.6 Å². The van der Waals surface area contributed by atoms with Crippen LogP contribution in [0.4, 0.5) is 11.5 Å². The molecule has 0 atom stereocenters. The molecule has 0 aliphatic carbocycles. The zero-order valence-electron chi connectivity index (χ0n) is 20.1. The summed E-state index contributed by atoms with van der Waals surface area (Å²) in [6, 6.07) is 24.6. The number of fused-ring (bicyclic) bond motifs is 1. The molecule has 0 aliphatic rings. The first-order chi connectivity index (χ1) is 17.7. The van der Waals surface area contributed by atoms with Gasteiger partial charge in [-0.2, -0.15) is 0 Å². The Bertz CT molecular complexity index is 1470. The highest BCUT2D eigenvalue weighted by molar-refractivity contribution is 5.94. The van der Waals surface area contributed by atoms with E-state index in [2.05, 4.69) is 10.3 Å². The number of hydrogen-bond donors (Lipinski definition) is 1. The molecular formula is C28H24N4O4. The Labute approximate surface area is 208 Å². The van der Waals surface area contributed by atoms with Gasteiger partial charge in [0, 0.05) is 35.0 Å². The summed E-state index contributed by atoms with van der Waals surface area (Å²) in [6.07, 6.45) is 1.68. The van der Waals surface area contributed by atoms with Gasteiger partial charge >= 0.3 is 0 Å². The summed E-state index contributed by atoms with van der Waals surface area (Å²) in [7, 11) is 4.77. The first-order valence-electron chi connectivity index (χ1n) is 11.2. The molecule has 0 aliphatic heterocycles. The van der Waals surface area contributed by atoms with Gasteiger partial charge in [-0.15, -0.1) is 0 Å². The molecule has 0 unspecified atom stereocenters. The zero-order valence-corrected chi connectivity index (χ0v) is 20.1. The van der Waals surface area contributed by atoms with Crippen molar-refractivity contribution in [2.45, 2.75) is 0 Å². The van der Waals surface area contributed by atoms with Crippen molar-refractivity contribution in [3.8, 4) is 40.3 Å². The number of nitrogens with zero attached hydrogens (tertiary/aromatic N) is 3. The van der Waals surface area contributed by atoms with Crippen LogP contribution in [-0.4, -0.2) is 36.3 Å². The molecule has 0 saturated carbocycles. The summed E-state index contributed by atoms with van der Waals surface area (Å²) >= 11 is 0. The molecule has 180 valence electrons. The van der Waals surface area contributed by atoms with Gasteiger partial charge in [0.2, 0.25) is 5.88 Å². The van der Waals surface area contributed by atoms with Crippen LogP contribution < -0.4 is 24.3 Å². The minimum Gasteiger partial charge on any atom is -0.493 e. The van der Waals surface area contributed by atoms with Crippen LogP contribution in [-0.2, 0) is 0 Å². The standard InChI is InChI=1S/C28H24N4O4/c1-33-24-15-22-23(16-25(24)34-2)31-27(18-9-14-26(35-3)29-17-18)32-28(22)30-19-10-12-21(13-11-19)36-20-7-5-4-6-8-20/h4-17H,1-3H3,(H,30,31,32). The van der Waals surface area contributed by atoms with E-state index >= 15 is 0 Å². The van der Waals surface area contributed by atoms with Gasteiger partial charge in [-0.05, 0) is 48.5 Å². The molecule has 0 spiro atoms. The lowest BCUT2D eigenvalue weighted by Crippen LogP contribution is -2.01. The normalized spacial score (nSPS) is 10.6. The number of aromatic nitrogens is 3. The Kier molecular flexibility index (Phi) is 6.48. The zero-order chi connectivity index (χ0) is 24.9. The van der Waals surface area contributed by atoms with E-state index in [0.717, 1.165) is 28.1 Å². The molecule has 8 heteroatoms. The summed E-state index contributed by atoms with van der Waals surface area (Å²) < 4.78 is 22.1. The van der Waals surface area contributed by atoms with Crippen molar-refractivity contribution in [2.75, 3.05) is 26.6 Å². The lowest BCUT2D eigenvalue weighted by atomic mass is 10.1. The van der Waals surface area contributed by atoms with Crippen molar-refractivity contribution >= 4 is 22.4 Å². The Morgan fingerprint density at radius 3 is 2.08 bits per heavy atom. The number of pyridine rings is 1. The lowest BCUT2D eigenvalue weighted by Gasteiger charge is -2.14. The van der Waals surface area contributed by atoms with Crippen LogP contribution in [0.3, 0.4) is 0 Å². The number of rotatable bonds is 8. The molecule has 0 radical (unpaired) electrons. The second kappa shape index (κ2) is 10.2. The van der Waals surface area contributed by atoms with Gasteiger partial charge in [0.1, 0.15) is 17.3 Å². The third kappa shape index (κ3) is 4.83. The maximum Gasteiger partial charge on any atom is 0.212 e. The molecule has 5 aromatic rings. The Balaban J connectivity index is 1.53. The average Bonchev–Trinajstić information content (AvgIpc) is 2.94. The van der Waals surface area contributed by atoms with Crippen LogP contribution in [0.2, 0.25) is 0 Å². The molecule has 5 rings (SSSR count). The van der Waals surface area contributed by atoms with Gasteiger partial charge in [0.25, 0.3) is 0 Å². The van der Waals surface area contributed by atoms with Crippen molar-refractivity contribution in [3.63, 3.8) is 0 Å². The molecule has 2 heterocycles. The van der Waals surface area contributed by atoms with E-state index in [-0.39, 0.29) is 0 Å². The van der Waals surface area contributed by atoms with Crippen molar-refractivity contribution in [1.82, 2.24) is 15.0 Å². The minimum atomic E-state index is 0.511. The molecule has 0 amide bonds. The summed E-state index contributed by atoms with van der Waals surface area (Å²) in [5.41, 5.74) is 2.28. The second-order valence-corrected chi connectivity index (χ2v) is 7.77. The number of ether oxygens (including phenoxy) is 4. The Morgan fingerprint density at radius 1 is 0.694 bits per heavy atom. The molecule has 36 heavy (non-hydrogen) atoms. The number of anilines is 2. The maximum absolute atomic E-state index is 5.90. The van der Waals surface area contributed by atoms with Crippen molar-refractivity contribution in [2.24, 2.45) is 0 Å². The van der Waals surface area contributed by atoms with Crippen LogP contribution in [0.15, 0.2) is 85.1 Å². The highest BCUT2D eigenvalue weighted by Crippen LogP contribution is 2.36. The highest BCUT2D eigenvalue weighted by Gasteiger charge is 2.15. The third-order valence-electron chi connectivity index (χ3n) is 5.50. The molecule has 3 aromatic carbocycles. The fraction of sp³-hybridized carbons (Fsp3) is 0.107. The molecular weight excluding hydrogens is 456 g/mol. The number of benzene rings is 3. The smallest absolute Gasteiger partial charge is 0.212 e. The van der Waals surface area contributed by atoms with E-state index in [1.54, 1.807) is 33.6 Å². The molecule has 1 N–H and O–H groups in total. The van der Waals surface area contributed by atoms with E-state index in [1.165, 1.54) is 0 Å². The van der Waals surface area contributed by atoms with Gasteiger partial charge in [-0.1, -0.05) is 18.2 Å². The van der Waals surface area contributed by atoms with Crippen LogP contribution in [0.1, 0.15) is 0 Å². The van der Waals surface area contributed by atoms with Gasteiger partial charge in [0.15, 0.2) is 17.3 Å². The van der Waals surface area contributed by atoms with E-state index in [0.29, 0.717) is 34.5 Å². The number of methoxy groups -OCH3 is 3. The maximum atomic E-state index is 5.90. The molecule has 0 saturated heterocycles. The molecule has 0 fully saturated rings. The summed E-state index contributed by atoms with van der Waals surface area (Å²) in [6.45, 7) is 0. The lowest BCUT2D eigenvalue weighted by molar-refractivity contribution is 0.356. The SMILES string of the molecule is COc1ccc(-c2nc(Nc3ccc(Oc4ccccc4)cc3)c3cc(OC)c(OC)cc3n2)cn1. The second-order valence-electron chi connectivity index (χ2n) is 7.77. The molecule has 2 aromatic heterocycles. The highest BCUT2D eigenvalue weighted by atomic mass is 16.5. The van der Waals surface area contributed by atoms with Crippen LogP contribution in [0.5, 0.6) is 28.9 Å². The predicted octanol–water partition coefficient (Wildman–Crippen LogP) is 6.25. The fourth-order valence-electron chi connectivity index (χ4n) is 3.68. The largest absolute Gasteiger partial charge is 0.493 e. The van der Waals surface area contributed by atoms with E-state index in [1.807, 2.05) is 72.8 Å². The van der Waals surface area contributed by atoms with Gasteiger partial charge < -0.3 is 24.3 Å². The van der Waals surface area contributed by atoms with Crippen molar-refractivity contribution < 1.29 is 18.9 Å². The summed E-state index contributed by atoms with van der Waals surface area (Å²) in [4.78, 5) is 13.9. The Morgan fingerprint density at radius 2 is 1.42 bits per heavy atom. The summed E-state index contributed by atoms with van der Waals surface area (Å²) in [5, 5.41) is 4.19. The predicted molar refractivity (Wildman–Crippen MR) is 139 cm³/mol. The van der Waals surface area contributed by atoms with Crippen LogP contribution in [0, 0.1) is 0 Å². The molecule has 8 nitrogen and oxygen atoms in total. The van der Waals surface area contributed by atoms with E-state index in [9.17, 15) is 0 Å². The quantitative estimate of drug-likeness (QED) is 0.279. The minimum absolute atomic E-state index is 0.511. The monoisotopic (exact) mass is 480 g/mol.